The van der Waals surface area contributed by atoms with Crippen molar-refractivity contribution in [3.05, 3.63) is 76.5 Å². The average Bonchev–Trinajstić information content (AvgIpc) is 3.00. The standard InChI is InChI=1S/C17H14ClFN2O/c1-10-8-12(4-7-14(10)19)16(22)17-20-9-15(21-17)11-2-5-13(18)6-3-11/h2-9,16,22H,1H3,(H,20,21). The summed E-state index contributed by atoms with van der Waals surface area (Å²) in [5.74, 6) is 0.119. The molecule has 3 nitrogen and oxygen atoms in total. The lowest BCUT2D eigenvalue weighted by atomic mass is 10.1. The number of imidazole rings is 1. The van der Waals surface area contributed by atoms with Gasteiger partial charge in [-0.05, 0) is 41.8 Å². The van der Waals surface area contributed by atoms with Gasteiger partial charge in [0.1, 0.15) is 17.7 Å². The third-order valence-corrected chi connectivity index (χ3v) is 3.76. The summed E-state index contributed by atoms with van der Waals surface area (Å²) in [6.07, 6.45) is 0.721. The molecule has 2 N–H and O–H groups in total. The Bertz CT molecular complexity index is 799. The number of nitrogens with zero attached hydrogens (tertiary/aromatic N) is 1. The number of aliphatic hydroxyl groups is 1. The highest BCUT2D eigenvalue weighted by Crippen LogP contribution is 2.25. The third kappa shape index (κ3) is 2.89. The number of aromatic amines is 1. The van der Waals surface area contributed by atoms with Crippen LogP contribution in [0.2, 0.25) is 5.02 Å². The summed E-state index contributed by atoms with van der Waals surface area (Å²) < 4.78 is 13.3. The van der Waals surface area contributed by atoms with E-state index in [1.165, 1.54) is 6.07 Å². The Labute approximate surface area is 132 Å². The number of benzene rings is 2. The largest absolute Gasteiger partial charge is 0.380 e. The van der Waals surface area contributed by atoms with E-state index in [1.54, 1.807) is 37.4 Å². The third-order valence-electron chi connectivity index (χ3n) is 3.51. The molecule has 0 aliphatic heterocycles. The summed E-state index contributed by atoms with van der Waals surface area (Å²) in [5.41, 5.74) is 2.78. The van der Waals surface area contributed by atoms with Crippen molar-refractivity contribution in [1.29, 1.82) is 0 Å². The van der Waals surface area contributed by atoms with Crippen molar-refractivity contribution < 1.29 is 9.50 Å². The molecule has 1 atom stereocenters. The number of hydrogen-bond acceptors (Lipinski definition) is 2. The summed E-state index contributed by atoms with van der Waals surface area (Å²) in [6.45, 7) is 1.66. The zero-order valence-corrected chi connectivity index (χ0v) is 12.6. The number of aryl methyl sites for hydroxylation is 1. The van der Waals surface area contributed by atoms with Gasteiger partial charge < -0.3 is 10.1 Å². The predicted octanol–water partition coefficient (Wildman–Crippen LogP) is 4.26. The van der Waals surface area contributed by atoms with Gasteiger partial charge in [-0.2, -0.15) is 0 Å². The minimum absolute atomic E-state index is 0.294. The minimum Gasteiger partial charge on any atom is -0.380 e. The molecule has 0 aliphatic rings. The van der Waals surface area contributed by atoms with Crippen LogP contribution in [0, 0.1) is 12.7 Å². The molecule has 0 radical (unpaired) electrons. The van der Waals surface area contributed by atoms with Crippen molar-refractivity contribution in [2.24, 2.45) is 0 Å². The first-order valence-electron chi connectivity index (χ1n) is 6.79. The van der Waals surface area contributed by atoms with E-state index in [0.717, 1.165) is 11.3 Å². The smallest absolute Gasteiger partial charge is 0.140 e. The summed E-state index contributed by atoms with van der Waals surface area (Å²) >= 11 is 5.87. The molecule has 0 spiro atoms. The maximum Gasteiger partial charge on any atom is 0.140 e. The molecule has 2 aromatic carbocycles. The number of H-pyrrole nitrogens is 1. The highest BCUT2D eigenvalue weighted by Gasteiger charge is 2.15. The van der Waals surface area contributed by atoms with Crippen LogP contribution in [0.3, 0.4) is 0 Å². The first kappa shape index (κ1) is 14.8. The van der Waals surface area contributed by atoms with Gasteiger partial charge in [0.25, 0.3) is 0 Å². The monoisotopic (exact) mass is 316 g/mol. The lowest BCUT2D eigenvalue weighted by Gasteiger charge is -2.09. The fraction of sp³-hybridized carbons (Fsp3) is 0.118. The van der Waals surface area contributed by atoms with E-state index in [4.69, 9.17) is 11.6 Å². The van der Waals surface area contributed by atoms with Crippen LogP contribution in [-0.4, -0.2) is 15.1 Å². The minimum atomic E-state index is -0.930. The van der Waals surface area contributed by atoms with Gasteiger partial charge in [-0.15, -0.1) is 0 Å². The maximum atomic E-state index is 13.3. The lowest BCUT2D eigenvalue weighted by Crippen LogP contribution is -2.02. The van der Waals surface area contributed by atoms with Gasteiger partial charge in [0, 0.05) is 5.02 Å². The van der Waals surface area contributed by atoms with Gasteiger partial charge in [0.05, 0.1) is 11.9 Å². The second kappa shape index (κ2) is 5.91. The van der Waals surface area contributed by atoms with Crippen LogP contribution in [0.25, 0.3) is 11.3 Å². The van der Waals surface area contributed by atoms with E-state index in [2.05, 4.69) is 9.97 Å². The van der Waals surface area contributed by atoms with E-state index in [0.29, 0.717) is 22.0 Å². The fourth-order valence-corrected chi connectivity index (χ4v) is 2.37. The van der Waals surface area contributed by atoms with Crippen LogP contribution < -0.4 is 0 Å². The van der Waals surface area contributed by atoms with Crippen molar-refractivity contribution >= 4 is 11.6 Å². The summed E-state index contributed by atoms with van der Waals surface area (Å²) in [4.78, 5) is 7.29. The molecule has 112 valence electrons. The number of halogens is 2. The molecule has 5 heteroatoms. The normalized spacial score (nSPS) is 12.4. The average molecular weight is 317 g/mol. The van der Waals surface area contributed by atoms with Crippen LogP contribution in [0.4, 0.5) is 4.39 Å². The molecule has 1 aromatic heterocycles. The molecule has 1 unspecified atom stereocenters. The molecule has 0 saturated carbocycles. The summed E-state index contributed by atoms with van der Waals surface area (Å²) in [7, 11) is 0. The second-order valence-corrected chi connectivity index (χ2v) is 5.54. The Balaban J connectivity index is 1.89. The van der Waals surface area contributed by atoms with Crippen molar-refractivity contribution in [2.75, 3.05) is 0 Å². The van der Waals surface area contributed by atoms with Gasteiger partial charge in [-0.1, -0.05) is 35.9 Å². The summed E-state index contributed by atoms with van der Waals surface area (Å²) in [5, 5.41) is 11.0. The molecule has 0 aliphatic carbocycles. The van der Waals surface area contributed by atoms with Crippen LogP contribution in [0.1, 0.15) is 23.1 Å². The zero-order chi connectivity index (χ0) is 15.7. The molecule has 0 bridgehead atoms. The van der Waals surface area contributed by atoms with Crippen LogP contribution in [-0.2, 0) is 0 Å². The molecular formula is C17H14ClFN2O. The molecule has 0 saturated heterocycles. The molecule has 0 amide bonds. The van der Waals surface area contributed by atoms with E-state index in [1.807, 2.05) is 12.1 Å². The van der Waals surface area contributed by atoms with Gasteiger partial charge in [0.2, 0.25) is 0 Å². The zero-order valence-electron chi connectivity index (χ0n) is 11.8. The topological polar surface area (TPSA) is 48.9 Å². The molecular weight excluding hydrogens is 303 g/mol. The highest BCUT2D eigenvalue weighted by atomic mass is 35.5. The van der Waals surface area contributed by atoms with Crippen molar-refractivity contribution in [3.63, 3.8) is 0 Å². The SMILES string of the molecule is Cc1cc(C(O)c2ncc(-c3ccc(Cl)cc3)[nH]2)ccc1F. The number of aromatic nitrogens is 2. The quantitative estimate of drug-likeness (QED) is 0.758. The van der Waals surface area contributed by atoms with E-state index >= 15 is 0 Å². The first-order valence-corrected chi connectivity index (χ1v) is 7.17. The van der Waals surface area contributed by atoms with Crippen LogP contribution in [0.5, 0.6) is 0 Å². The van der Waals surface area contributed by atoms with Crippen molar-refractivity contribution in [3.8, 4) is 11.3 Å². The fourth-order valence-electron chi connectivity index (χ4n) is 2.25. The predicted molar refractivity (Wildman–Crippen MR) is 84.2 cm³/mol. The maximum absolute atomic E-state index is 13.3. The van der Waals surface area contributed by atoms with E-state index in [-0.39, 0.29) is 5.82 Å². The molecule has 3 aromatic rings. The number of aliphatic hydroxyl groups excluding tert-OH is 1. The Kier molecular flexibility index (Phi) is 3.96. The lowest BCUT2D eigenvalue weighted by molar-refractivity contribution is 0.211. The van der Waals surface area contributed by atoms with Gasteiger partial charge in [0.15, 0.2) is 0 Å². The van der Waals surface area contributed by atoms with Crippen molar-refractivity contribution in [1.82, 2.24) is 9.97 Å². The number of nitrogens with one attached hydrogen (secondary N) is 1. The van der Waals surface area contributed by atoms with Gasteiger partial charge in [-0.3, -0.25) is 0 Å². The second-order valence-electron chi connectivity index (χ2n) is 5.10. The molecule has 22 heavy (non-hydrogen) atoms. The van der Waals surface area contributed by atoms with Crippen molar-refractivity contribution in [2.45, 2.75) is 13.0 Å². The molecule has 3 rings (SSSR count). The Morgan fingerprint density at radius 3 is 2.59 bits per heavy atom. The first-order chi connectivity index (χ1) is 10.5. The molecule has 0 fully saturated rings. The molecule has 1 heterocycles. The van der Waals surface area contributed by atoms with Crippen LogP contribution in [0.15, 0.2) is 48.7 Å². The highest BCUT2D eigenvalue weighted by molar-refractivity contribution is 6.30. The summed E-state index contributed by atoms with van der Waals surface area (Å²) in [6, 6.07) is 11.8. The van der Waals surface area contributed by atoms with E-state index in [9.17, 15) is 9.50 Å². The Morgan fingerprint density at radius 2 is 1.91 bits per heavy atom. The van der Waals surface area contributed by atoms with Crippen LogP contribution >= 0.6 is 11.6 Å². The number of hydrogen-bond donors (Lipinski definition) is 2. The Morgan fingerprint density at radius 1 is 1.18 bits per heavy atom. The van der Waals surface area contributed by atoms with E-state index < -0.39 is 6.10 Å². The number of rotatable bonds is 3. The van der Waals surface area contributed by atoms with Gasteiger partial charge in [-0.25, -0.2) is 9.37 Å². The Hall–Kier alpha value is -2.17. The van der Waals surface area contributed by atoms with Gasteiger partial charge >= 0.3 is 0 Å².